The summed E-state index contributed by atoms with van der Waals surface area (Å²) in [6.07, 6.45) is 3.80. The zero-order valence-corrected chi connectivity index (χ0v) is 16.0. The molecule has 1 aromatic carbocycles. The molecule has 0 bridgehead atoms. The Morgan fingerprint density at radius 1 is 1.16 bits per heavy atom. The number of aliphatic imine (C=N–C) groups is 1. The minimum Gasteiger partial charge on any atom is -0.493 e. The van der Waals surface area contributed by atoms with E-state index in [0.29, 0.717) is 12.6 Å². The molecule has 0 saturated carbocycles. The summed E-state index contributed by atoms with van der Waals surface area (Å²) in [7, 11) is 5.10. The lowest BCUT2D eigenvalue weighted by Gasteiger charge is -2.27. The zero-order valence-electron chi connectivity index (χ0n) is 16.0. The fourth-order valence-corrected chi connectivity index (χ4v) is 3.25. The highest BCUT2D eigenvalue weighted by molar-refractivity contribution is 5.79. The molecule has 140 valence electrons. The third-order valence-corrected chi connectivity index (χ3v) is 4.76. The van der Waals surface area contributed by atoms with Crippen molar-refractivity contribution in [1.82, 2.24) is 15.5 Å². The van der Waals surface area contributed by atoms with Crippen LogP contribution in [-0.2, 0) is 6.54 Å². The van der Waals surface area contributed by atoms with E-state index in [-0.39, 0.29) is 0 Å². The Balaban J connectivity index is 1.85. The lowest BCUT2D eigenvalue weighted by molar-refractivity contribution is 0.236. The number of hydrogen-bond donors (Lipinski definition) is 2. The van der Waals surface area contributed by atoms with Crippen molar-refractivity contribution in [3.63, 3.8) is 0 Å². The van der Waals surface area contributed by atoms with E-state index in [1.165, 1.54) is 25.9 Å². The molecule has 1 aromatic rings. The van der Waals surface area contributed by atoms with E-state index >= 15 is 0 Å². The molecule has 1 fully saturated rings. The van der Waals surface area contributed by atoms with E-state index in [2.05, 4.69) is 27.4 Å². The van der Waals surface area contributed by atoms with Crippen molar-refractivity contribution in [2.75, 3.05) is 40.9 Å². The van der Waals surface area contributed by atoms with Crippen LogP contribution in [0.3, 0.4) is 0 Å². The van der Waals surface area contributed by atoms with E-state index in [9.17, 15) is 0 Å². The summed E-state index contributed by atoms with van der Waals surface area (Å²) < 4.78 is 10.6. The average molecular weight is 348 g/mol. The van der Waals surface area contributed by atoms with E-state index in [0.717, 1.165) is 36.0 Å². The highest BCUT2D eigenvalue weighted by Gasteiger charge is 2.20. The van der Waals surface area contributed by atoms with Crippen LogP contribution in [0.1, 0.15) is 31.7 Å². The first-order chi connectivity index (χ1) is 12.2. The molecule has 1 atom stereocenters. The summed E-state index contributed by atoms with van der Waals surface area (Å²) in [6, 6.07) is 6.51. The maximum Gasteiger partial charge on any atom is 0.191 e. The summed E-state index contributed by atoms with van der Waals surface area (Å²) in [5.74, 6) is 2.31. The summed E-state index contributed by atoms with van der Waals surface area (Å²) in [5.41, 5.74) is 1.12. The van der Waals surface area contributed by atoms with Gasteiger partial charge in [0.15, 0.2) is 17.5 Å². The first-order valence-corrected chi connectivity index (χ1v) is 9.11. The predicted molar refractivity (Wildman–Crippen MR) is 103 cm³/mol. The highest BCUT2D eigenvalue weighted by Crippen LogP contribution is 2.27. The van der Waals surface area contributed by atoms with Gasteiger partial charge >= 0.3 is 0 Å². The molecule has 1 heterocycles. The van der Waals surface area contributed by atoms with Gasteiger partial charge in [0.2, 0.25) is 0 Å². The minimum atomic E-state index is 0.571. The van der Waals surface area contributed by atoms with Gasteiger partial charge in [-0.25, -0.2) is 0 Å². The van der Waals surface area contributed by atoms with E-state index in [1.54, 1.807) is 21.3 Å². The first-order valence-electron chi connectivity index (χ1n) is 9.11. The Morgan fingerprint density at radius 2 is 1.88 bits per heavy atom. The molecule has 25 heavy (non-hydrogen) atoms. The molecule has 0 aromatic heterocycles. The van der Waals surface area contributed by atoms with Crippen molar-refractivity contribution in [1.29, 1.82) is 0 Å². The van der Waals surface area contributed by atoms with Crippen molar-refractivity contribution in [3.05, 3.63) is 23.8 Å². The van der Waals surface area contributed by atoms with Gasteiger partial charge in [0.05, 0.1) is 14.2 Å². The van der Waals surface area contributed by atoms with Gasteiger partial charge < -0.3 is 20.1 Å². The minimum absolute atomic E-state index is 0.571. The van der Waals surface area contributed by atoms with Gasteiger partial charge in [0.25, 0.3) is 0 Å². The van der Waals surface area contributed by atoms with E-state index in [4.69, 9.17) is 9.47 Å². The lowest BCUT2D eigenvalue weighted by atomic mass is 10.2. The molecule has 2 rings (SSSR count). The molecule has 0 spiro atoms. The van der Waals surface area contributed by atoms with Gasteiger partial charge in [-0.3, -0.25) is 9.89 Å². The van der Waals surface area contributed by atoms with Crippen molar-refractivity contribution >= 4 is 5.96 Å². The standard InChI is InChI=1S/C19H32N4O2/c1-5-16(23-10-6-7-11-23)14-22-19(20-2)21-13-15-8-9-17(24-3)18(12-15)25-4/h8-9,12,16H,5-7,10-11,13-14H2,1-4H3,(H2,20,21,22). The number of likely N-dealkylation sites (tertiary alicyclic amines) is 1. The van der Waals surface area contributed by atoms with Crippen LogP contribution in [0.25, 0.3) is 0 Å². The van der Waals surface area contributed by atoms with Crippen molar-refractivity contribution in [2.45, 2.75) is 38.8 Å². The van der Waals surface area contributed by atoms with Crippen LogP contribution >= 0.6 is 0 Å². The molecule has 6 heteroatoms. The molecule has 1 aliphatic heterocycles. The Labute approximate surface area is 151 Å². The lowest BCUT2D eigenvalue weighted by Crippen LogP contribution is -2.46. The summed E-state index contributed by atoms with van der Waals surface area (Å²) in [5, 5.41) is 6.83. The Kier molecular flexibility index (Phi) is 7.85. The summed E-state index contributed by atoms with van der Waals surface area (Å²) in [4.78, 5) is 6.91. The molecule has 0 aliphatic carbocycles. The van der Waals surface area contributed by atoms with E-state index in [1.807, 2.05) is 18.2 Å². The number of ether oxygens (including phenoxy) is 2. The predicted octanol–water partition coefficient (Wildman–Crippen LogP) is 2.24. The number of nitrogens with one attached hydrogen (secondary N) is 2. The second-order valence-electron chi connectivity index (χ2n) is 6.30. The van der Waals surface area contributed by atoms with Gasteiger partial charge in [-0.1, -0.05) is 13.0 Å². The zero-order chi connectivity index (χ0) is 18.1. The van der Waals surface area contributed by atoms with Gasteiger partial charge in [0, 0.05) is 26.2 Å². The third-order valence-electron chi connectivity index (χ3n) is 4.76. The van der Waals surface area contributed by atoms with E-state index < -0.39 is 0 Å². The fourth-order valence-electron chi connectivity index (χ4n) is 3.25. The monoisotopic (exact) mass is 348 g/mol. The Morgan fingerprint density at radius 3 is 2.48 bits per heavy atom. The van der Waals surface area contributed by atoms with Crippen LogP contribution < -0.4 is 20.1 Å². The topological polar surface area (TPSA) is 58.1 Å². The van der Waals surface area contributed by atoms with Gasteiger partial charge in [-0.15, -0.1) is 0 Å². The second kappa shape index (κ2) is 10.1. The number of benzene rings is 1. The largest absolute Gasteiger partial charge is 0.493 e. The molecule has 6 nitrogen and oxygen atoms in total. The second-order valence-corrected chi connectivity index (χ2v) is 6.30. The van der Waals surface area contributed by atoms with Crippen molar-refractivity contribution < 1.29 is 9.47 Å². The SMILES string of the molecule is CCC(CNC(=NC)NCc1ccc(OC)c(OC)c1)N1CCCC1. The maximum atomic E-state index is 5.36. The van der Waals surface area contributed by atoms with Gasteiger partial charge in [-0.2, -0.15) is 0 Å². The number of rotatable bonds is 8. The average Bonchev–Trinajstić information content (AvgIpc) is 3.18. The summed E-state index contributed by atoms with van der Waals surface area (Å²) >= 11 is 0. The first kappa shape index (κ1) is 19.4. The van der Waals surface area contributed by atoms with Crippen molar-refractivity contribution in [2.24, 2.45) is 4.99 Å². The van der Waals surface area contributed by atoms with Crippen molar-refractivity contribution in [3.8, 4) is 11.5 Å². The molecule has 0 amide bonds. The molecule has 2 N–H and O–H groups in total. The smallest absolute Gasteiger partial charge is 0.191 e. The molecular weight excluding hydrogens is 316 g/mol. The van der Waals surface area contributed by atoms with Crippen LogP contribution in [0.2, 0.25) is 0 Å². The Hall–Kier alpha value is -1.95. The molecule has 1 saturated heterocycles. The number of guanidine groups is 1. The molecular formula is C19H32N4O2. The van der Waals surface area contributed by atoms with Crippen LogP contribution in [0.4, 0.5) is 0 Å². The molecule has 1 unspecified atom stereocenters. The van der Waals surface area contributed by atoms with Gasteiger partial charge in [0.1, 0.15) is 0 Å². The number of hydrogen-bond acceptors (Lipinski definition) is 4. The van der Waals surface area contributed by atoms with Crippen LogP contribution in [0.5, 0.6) is 11.5 Å². The van der Waals surface area contributed by atoms with Gasteiger partial charge in [-0.05, 0) is 50.0 Å². The quantitative estimate of drug-likeness (QED) is 0.557. The fraction of sp³-hybridized carbons (Fsp3) is 0.632. The molecule has 0 radical (unpaired) electrons. The Bertz CT molecular complexity index is 556. The van der Waals surface area contributed by atoms with Crippen LogP contribution in [0, 0.1) is 0 Å². The third kappa shape index (κ3) is 5.53. The normalized spacial score (nSPS) is 16.6. The van der Waals surface area contributed by atoms with Crippen LogP contribution in [-0.4, -0.2) is 57.8 Å². The number of nitrogens with zero attached hydrogens (tertiary/aromatic N) is 2. The summed E-state index contributed by atoms with van der Waals surface area (Å²) in [6.45, 7) is 6.29. The van der Waals surface area contributed by atoms with Crippen LogP contribution in [0.15, 0.2) is 23.2 Å². The molecule has 1 aliphatic rings. The maximum absolute atomic E-state index is 5.36. The highest BCUT2D eigenvalue weighted by atomic mass is 16.5. The number of methoxy groups -OCH3 is 2.